The Morgan fingerprint density at radius 2 is 1.95 bits per heavy atom. The van der Waals surface area contributed by atoms with Crippen LogP contribution in [-0.4, -0.2) is 23.4 Å². The van der Waals surface area contributed by atoms with Crippen molar-refractivity contribution in [3.63, 3.8) is 0 Å². The standard InChI is InChI=1S/C17H23FN2O/c1-11-14(18)9-13(10-15(11)19)17(21)20-8-4-6-12-5-2-3-7-16(12)20/h9-10,12,16H,2-8,19H2,1H3/t12-,16-/m1/s1. The zero-order valence-corrected chi connectivity index (χ0v) is 12.6. The summed E-state index contributed by atoms with van der Waals surface area (Å²) in [6, 6.07) is 3.29. The van der Waals surface area contributed by atoms with Crippen molar-refractivity contribution in [2.45, 2.75) is 51.5 Å². The molecule has 1 aromatic carbocycles. The maximum Gasteiger partial charge on any atom is 0.254 e. The van der Waals surface area contributed by atoms with E-state index in [1.165, 1.54) is 31.7 Å². The molecule has 0 bridgehead atoms. The number of hydrogen-bond acceptors (Lipinski definition) is 2. The fraction of sp³-hybridized carbons (Fsp3) is 0.588. The molecule has 3 rings (SSSR count). The molecule has 2 atom stereocenters. The maximum atomic E-state index is 13.8. The van der Waals surface area contributed by atoms with Crippen molar-refractivity contribution in [2.75, 3.05) is 12.3 Å². The van der Waals surface area contributed by atoms with Gasteiger partial charge in [-0.3, -0.25) is 4.79 Å². The third kappa shape index (κ3) is 2.63. The number of nitrogens with zero attached hydrogens (tertiary/aromatic N) is 1. The number of carbonyl (C=O) groups is 1. The summed E-state index contributed by atoms with van der Waals surface area (Å²) < 4.78 is 13.8. The second-order valence-corrected chi connectivity index (χ2v) is 6.42. The summed E-state index contributed by atoms with van der Waals surface area (Å²) in [5.41, 5.74) is 6.97. The van der Waals surface area contributed by atoms with Crippen molar-refractivity contribution < 1.29 is 9.18 Å². The SMILES string of the molecule is Cc1c(N)cc(C(=O)N2CCC[C@H]3CCCC[C@H]32)cc1F. The first-order chi connectivity index (χ1) is 10.1. The second-order valence-electron chi connectivity index (χ2n) is 6.42. The van der Waals surface area contributed by atoms with Crippen LogP contribution < -0.4 is 5.73 Å². The molecule has 0 unspecified atom stereocenters. The lowest BCUT2D eigenvalue weighted by molar-refractivity contribution is 0.0390. The number of benzene rings is 1. The average molecular weight is 290 g/mol. The molecule has 1 aliphatic carbocycles. The van der Waals surface area contributed by atoms with Crippen LogP contribution in [0.25, 0.3) is 0 Å². The van der Waals surface area contributed by atoms with E-state index < -0.39 is 5.82 Å². The zero-order valence-electron chi connectivity index (χ0n) is 12.6. The zero-order chi connectivity index (χ0) is 15.0. The van der Waals surface area contributed by atoms with Gasteiger partial charge in [0.2, 0.25) is 0 Å². The van der Waals surface area contributed by atoms with E-state index in [2.05, 4.69) is 0 Å². The van der Waals surface area contributed by atoms with Gasteiger partial charge in [0, 0.05) is 29.4 Å². The minimum atomic E-state index is -0.393. The third-order valence-corrected chi connectivity index (χ3v) is 5.14. The van der Waals surface area contributed by atoms with Gasteiger partial charge in [-0.15, -0.1) is 0 Å². The quantitative estimate of drug-likeness (QED) is 0.804. The number of piperidine rings is 1. The molecule has 2 aliphatic rings. The highest BCUT2D eigenvalue weighted by Crippen LogP contribution is 2.36. The monoisotopic (exact) mass is 290 g/mol. The van der Waals surface area contributed by atoms with E-state index in [0.29, 0.717) is 28.8 Å². The molecule has 4 heteroatoms. The minimum absolute atomic E-state index is 0.0581. The number of anilines is 1. The molecule has 2 fully saturated rings. The number of nitrogens with two attached hydrogens (primary N) is 1. The lowest BCUT2D eigenvalue weighted by Gasteiger charge is -2.44. The molecule has 1 heterocycles. The van der Waals surface area contributed by atoms with Gasteiger partial charge >= 0.3 is 0 Å². The Morgan fingerprint density at radius 3 is 2.71 bits per heavy atom. The van der Waals surface area contributed by atoms with Gasteiger partial charge in [0.25, 0.3) is 5.91 Å². The predicted octanol–water partition coefficient (Wildman–Crippen LogP) is 3.51. The van der Waals surface area contributed by atoms with Gasteiger partial charge in [-0.1, -0.05) is 12.8 Å². The molecule has 0 radical (unpaired) electrons. The number of likely N-dealkylation sites (tertiary alicyclic amines) is 1. The van der Waals surface area contributed by atoms with Crippen LogP contribution in [0.4, 0.5) is 10.1 Å². The van der Waals surface area contributed by atoms with E-state index in [0.717, 1.165) is 19.4 Å². The summed E-state index contributed by atoms with van der Waals surface area (Å²) >= 11 is 0. The number of fused-ring (bicyclic) bond motifs is 1. The van der Waals surface area contributed by atoms with Crippen molar-refractivity contribution in [3.05, 3.63) is 29.1 Å². The van der Waals surface area contributed by atoms with Crippen LogP contribution >= 0.6 is 0 Å². The number of carbonyl (C=O) groups excluding carboxylic acids is 1. The highest BCUT2D eigenvalue weighted by atomic mass is 19.1. The van der Waals surface area contributed by atoms with Gasteiger partial charge in [-0.05, 0) is 50.7 Å². The minimum Gasteiger partial charge on any atom is -0.398 e. The van der Waals surface area contributed by atoms with Crippen molar-refractivity contribution in [3.8, 4) is 0 Å². The molecule has 21 heavy (non-hydrogen) atoms. The largest absolute Gasteiger partial charge is 0.398 e. The molecule has 3 nitrogen and oxygen atoms in total. The Bertz CT molecular complexity index is 533. The first-order valence-electron chi connectivity index (χ1n) is 7.94. The van der Waals surface area contributed by atoms with Crippen LogP contribution in [0.15, 0.2) is 12.1 Å². The fourth-order valence-corrected chi connectivity index (χ4v) is 3.87. The van der Waals surface area contributed by atoms with Crippen molar-refractivity contribution >= 4 is 11.6 Å². The molecule has 0 aromatic heterocycles. The summed E-state index contributed by atoms with van der Waals surface area (Å²) in [4.78, 5) is 14.7. The lowest BCUT2D eigenvalue weighted by atomic mass is 9.78. The van der Waals surface area contributed by atoms with Crippen LogP contribution in [0.2, 0.25) is 0 Å². The molecule has 0 spiro atoms. The van der Waals surface area contributed by atoms with E-state index in [-0.39, 0.29) is 5.91 Å². The molecular weight excluding hydrogens is 267 g/mol. The van der Waals surface area contributed by atoms with Gasteiger partial charge in [-0.2, -0.15) is 0 Å². The van der Waals surface area contributed by atoms with Crippen LogP contribution in [-0.2, 0) is 0 Å². The summed E-state index contributed by atoms with van der Waals surface area (Å²) in [7, 11) is 0. The van der Waals surface area contributed by atoms with Crippen molar-refractivity contribution in [1.82, 2.24) is 4.90 Å². The van der Waals surface area contributed by atoms with Crippen LogP contribution in [0, 0.1) is 18.7 Å². The Kier molecular flexibility index (Phi) is 3.87. The molecule has 1 saturated carbocycles. The summed E-state index contributed by atoms with van der Waals surface area (Å²) in [5, 5.41) is 0. The third-order valence-electron chi connectivity index (χ3n) is 5.14. The van der Waals surface area contributed by atoms with Crippen molar-refractivity contribution in [2.24, 2.45) is 5.92 Å². The smallest absolute Gasteiger partial charge is 0.254 e. The number of halogens is 1. The predicted molar refractivity (Wildman–Crippen MR) is 81.6 cm³/mol. The first-order valence-corrected chi connectivity index (χ1v) is 7.94. The number of rotatable bonds is 1. The van der Waals surface area contributed by atoms with Gasteiger partial charge < -0.3 is 10.6 Å². The maximum absolute atomic E-state index is 13.8. The highest BCUT2D eigenvalue weighted by molar-refractivity contribution is 5.95. The van der Waals surface area contributed by atoms with E-state index >= 15 is 0 Å². The fourth-order valence-electron chi connectivity index (χ4n) is 3.87. The van der Waals surface area contributed by atoms with Gasteiger partial charge in [0.15, 0.2) is 0 Å². The summed E-state index contributed by atoms with van der Waals surface area (Å²) in [5.74, 6) is 0.178. The van der Waals surface area contributed by atoms with Crippen LogP contribution in [0.5, 0.6) is 0 Å². The number of amides is 1. The summed E-state index contributed by atoms with van der Waals surface area (Å²) in [6.07, 6.45) is 7.04. The second kappa shape index (κ2) is 5.66. The molecular formula is C17H23FN2O. The van der Waals surface area contributed by atoms with E-state index in [1.54, 1.807) is 13.0 Å². The van der Waals surface area contributed by atoms with Crippen molar-refractivity contribution in [1.29, 1.82) is 0 Å². The van der Waals surface area contributed by atoms with Crippen LogP contribution in [0.3, 0.4) is 0 Å². The van der Waals surface area contributed by atoms with Gasteiger partial charge in [-0.25, -0.2) is 4.39 Å². The Hall–Kier alpha value is -1.58. The Morgan fingerprint density at radius 1 is 1.24 bits per heavy atom. The normalized spacial score (nSPS) is 25.5. The van der Waals surface area contributed by atoms with E-state index in [1.807, 2.05) is 4.90 Å². The molecule has 1 aliphatic heterocycles. The Balaban J connectivity index is 1.87. The Labute approximate surface area is 125 Å². The summed E-state index contributed by atoms with van der Waals surface area (Å²) in [6.45, 7) is 2.42. The first kappa shape index (κ1) is 14.4. The highest BCUT2D eigenvalue weighted by Gasteiger charge is 2.36. The molecule has 114 valence electrons. The number of nitrogen functional groups attached to an aromatic ring is 1. The lowest BCUT2D eigenvalue weighted by Crippen LogP contribution is -2.49. The average Bonchev–Trinajstić information content (AvgIpc) is 2.51. The van der Waals surface area contributed by atoms with Gasteiger partial charge in [0.05, 0.1) is 0 Å². The van der Waals surface area contributed by atoms with Crippen LogP contribution in [0.1, 0.15) is 54.4 Å². The van der Waals surface area contributed by atoms with E-state index in [9.17, 15) is 9.18 Å². The molecule has 1 aromatic rings. The van der Waals surface area contributed by atoms with Gasteiger partial charge in [0.1, 0.15) is 5.82 Å². The molecule has 2 N–H and O–H groups in total. The van der Waals surface area contributed by atoms with E-state index in [4.69, 9.17) is 5.73 Å². The molecule has 1 amide bonds. The topological polar surface area (TPSA) is 46.3 Å². The number of hydrogen-bond donors (Lipinski definition) is 1. The molecule has 1 saturated heterocycles.